The van der Waals surface area contributed by atoms with E-state index in [1.54, 1.807) is 0 Å². The van der Waals surface area contributed by atoms with E-state index in [2.05, 4.69) is 37.3 Å². The van der Waals surface area contributed by atoms with Gasteiger partial charge in [-0.2, -0.15) is 0 Å². The zero-order chi connectivity index (χ0) is 9.31. The fourth-order valence-corrected chi connectivity index (χ4v) is 1.23. The topological polar surface area (TPSA) is 12.0 Å². The summed E-state index contributed by atoms with van der Waals surface area (Å²) in [4.78, 5) is 2.17. The zero-order valence-electron chi connectivity index (χ0n) is 8.32. The van der Waals surface area contributed by atoms with Gasteiger partial charge in [-0.1, -0.05) is 12.2 Å². The standard InChI is InChI=1S/C8H19NS2/c1-7(10)9-8(2)11(3,4,5)6/h1-6H3,(H,9,10). The summed E-state index contributed by atoms with van der Waals surface area (Å²) in [6.07, 6.45) is 9.16. The van der Waals surface area contributed by atoms with Gasteiger partial charge in [-0.25, -0.2) is 8.75 Å². The molecule has 0 aromatic rings. The molecule has 68 valence electrons. The van der Waals surface area contributed by atoms with Crippen LogP contribution in [0.1, 0.15) is 13.8 Å². The van der Waals surface area contributed by atoms with E-state index >= 15 is 0 Å². The highest BCUT2D eigenvalue weighted by Gasteiger charge is 2.11. The van der Waals surface area contributed by atoms with Gasteiger partial charge in [0, 0.05) is 4.99 Å². The highest BCUT2D eigenvalue weighted by Crippen LogP contribution is 2.43. The first-order valence-corrected chi connectivity index (χ1v) is 7.62. The second-order valence-corrected chi connectivity index (χ2v) is 12.3. The van der Waals surface area contributed by atoms with Gasteiger partial charge in [0.05, 0.1) is 4.99 Å². The van der Waals surface area contributed by atoms with Crippen molar-refractivity contribution in [2.24, 2.45) is 0 Å². The third kappa shape index (κ3) is 4.53. The van der Waals surface area contributed by atoms with E-state index < -0.39 is 8.75 Å². The van der Waals surface area contributed by atoms with Crippen LogP contribution in [0.4, 0.5) is 0 Å². The number of hydrogen-bond donors (Lipinski definition) is 1. The molecule has 1 nitrogen and oxygen atoms in total. The molecular weight excluding hydrogens is 174 g/mol. The maximum atomic E-state index is 4.98. The highest BCUT2D eigenvalue weighted by molar-refractivity contribution is 8.45. The van der Waals surface area contributed by atoms with E-state index in [9.17, 15) is 0 Å². The van der Waals surface area contributed by atoms with E-state index in [1.165, 1.54) is 4.99 Å². The molecule has 11 heavy (non-hydrogen) atoms. The molecule has 0 radical (unpaired) electrons. The van der Waals surface area contributed by atoms with Crippen LogP contribution in [0.2, 0.25) is 0 Å². The fourth-order valence-electron chi connectivity index (χ4n) is 0.452. The minimum absolute atomic E-state index is 0.859. The molecule has 0 aliphatic rings. The molecule has 0 atom stereocenters. The van der Waals surface area contributed by atoms with Crippen LogP contribution in [0.15, 0.2) is 0 Å². The van der Waals surface area contributed by atoms with Gasteiger partial charge in [0.15, 0.2) is 0 Å². The van der Waals surface area contributed by atoms with Gasteiger partial charge >= 0.3 is 0 Å². The highest BCUT2D eigenvalue weighted by atomic mass is 32.3. The van der Waals surface area contributed by atoms with Crippen LogP contribution in [0.3, 0.4) is 0 Å². The maximum absolute atomic E-state index is 4.98. The second-order valence-electron chi connectivity index (χ2n) is 4.50. The van der Waals surface area contributed by atoms with Crippen molar-refractivity contribution < 1.29 is 0 Å². The Morgan fingerprint density at radius 1 is 1.09 bits per heavy atom. The van der Waals surface area contributed by atoms with E-state index in [4.69, 9.17) is 12.2 Å². The molecule has 3 heteroatoms. The second kappa shape index (κ2) is 2.87. The SMILES string of the molecule is CC(=S)NC(C)=S(C)(C)(C)C. The Balaban J connectivity index is 4.85. The summed E-state index contributed by atoms with van der Waals surface area (Å²) < 4.78 is 0. The van der Waals surface area contributed by atoms with Crippen molar-refractivity contribution >= 4 is 30.9 Å². The number of hydrogen-bond acceptors (Lipinski definition) is 1. The lowest BCUT2D eigenvalue weighted by Crippen LogP contribution is -2.29. The van der Waals surface area contributed by atoms with Gasteiger partial charge in [-0.3, -0.25) is 0 Å². The Hall–Kier alpha value is 0.110. The Labute approximate surface area is 75.4 Å². The fraction of sp³-hybridized carbons (Fsp3) is 0.750. The molecule has 0 aromatic carbocycles. The first kappa shape index (κ1) is 11.1. The Morgan fingerprint density at radius 3 is 1.55 bits per heavy atom. The molecule has 0 aromatic heterocycles. The molecule has 1 N–H and O–H groups in total. The zero-order valence-corrected chi connectivity index (χ0v) is 9.95. The molecule has 0 aliphatic heterocycles. The van der Waals surface area contributed by atoms with Crippen LogP contribution in [0, 0.1) is 0 Å². The molecule has 0 fully saturated rings. The molecule has 0 heterocycles. The number of rotatable bonds is 0. The van der Waals surface area contributed by atoms with E-state index in [1.807, 2.05) is 6.92 Å². The van der Waals surface area contributed by atoms with Crippen molar-refractivity contribution in [1.82, 2.24) is 5.32 Å². The van der Waals surface area contributed by atoms with Crippen LogP contribution in [-0.4, -0.2) is 35.0 Å². The van der Waals surface area contributed by atoms with Crippen molar-refractivity contribution in [3.63, 3.8) is 0 Å². The first-order chi connectivity index (χ1) is 4.60. The Bertz CT molecular complexity index is 221. The summed E-state index contributed by atoms with van der Waals surface area (Å²) in [5, 5.41) is 3.22. The molecule has 0 rings (SSSR count). The third-order valence-electron chi connectivity index (χ3n) is 1.58. The average molecular weight is 193 g/mol. The summed E-state index contributed by atoms with van der Waals surface area (Å²) in [6, 6.07) is 0. The van der Waals surface area contributed by atoms with E-state index in [0.717, 1.165) is 4.99 Å². The number of thiocarbonyl (C=S) groups is 1. The van der Waals surface area contributed by atoms with E-state index in [0.29, 0.717) is 0 Å². The quantitative estimate of drug-likeness (QED) is 0.590. The van der Waals surface area contributed by atoms with Gasteiger partial charge < -0.3 is 5.32 Å². The van der Waals surface area contributed by atoms with Crippen LogP contribution in [0.25, 0.3) is 0 Å². The minimum atomic E-state index is -1.33. The van der Waals surface area contributed by atoms with Crippen LogP contribution >= 0.6 is 21.0 Å². The van der Waals surface area contributed by atoms with Crippen molar-refractivity contribution in [3.8, 4) is 0 Å². The average Bonchev–Trinajstić information content (AvgIpc) is 1.57. The molecular formula is C8H19NS2. The van der Waals surface area contributed by atoms with Crippen LogP contribution < -0.4 is 5.32 Å². The summed E-state index contributed by atoms with van der Waals surface area (Å²) in [6.45, 7) is 4.04. The van der Waals surface area contributed by atoms with E-state index in [-0.39, 0.29) is 0 Å². The van der Waals surface area contributed by atoms with Gasteiger partial charge in [-0.15, -0.1) is 0 Å². The molecule has 0 unspecified atom stereocenters. The van der Waals surface area contributed by atoms with Gasteiger partial charge in [0.25, 0.3) is 0 Å². The first-order valence-electron chi connectivity index (χ1n) is 3.54. The summed E-state index contributed by atoms with van der Waals surface area (Å²) in [5.74, 6) is 0. The number of nitrogens with one attached hydrogen (secondary N) is 1. The smallest absolute Gasteiger partial charge is 0.0766 e. The van der Waals surface area contributed by atoms with Crippen LogP contribution in [0.5, 0.6) is 0 Å². The molecule has 0 saturated carbocycles. The lowest BCUT2D eigenvalue weighted by atomic mass is 10.7. The minimum Gasteiger partial charge on any atom is -0.350 e. The van der Waals surface area contributed by atoms with Crippen molar-refractivity contribution in [3.05, 3.63) is 0 Å². The molecule has 0 amide bonds. The summed E-state index contributed by atoms with van der Waals surface area (Å²) in [5.41, 5.74) is 0. The van der Waals surface area contributed by atoms with Crippen molar-refractivity contribution in [2.75, 3.05) is 25.0 Å². The summed E-state index contributed by atoms with van der Waals surface area (Å²) in [7, 11) is -1.33. The molecule has 0 bridgehead atoms. The van der Waals surface area contributed by atoms with Gasteiger partial charge in [0.1, 0.15) is 0 Å². The lowest BCUT2D eigenvalue weighted by Gasteiger charge is -2.36. The largest absolute Gasteiger partial charge is 0.350 e. The lowest BCUT2D eigenvalue weighted by molar-refractivity contribution is 1.40. The normalized spacial score (nSPS) is 14.9. The van der Waals surface area contributed by atoms with Crippen molar-refractivity contribution in [1.29, 1.82) is 0 Å². The molecule has 0 aliphatic carbocycles. The maximum Gasteiger partial charge on any atom is 0.0766 e. The Morgan fingerprint density at radius 2 is 1.45 bits per heavy atom. The Kier molecular flexibility index (Phi) is 2.89. The molecule has 0 saturated heterocycles. The van der Waals surface area contributed by atoms with Crippen LogP contribution in [-0.2, 0) is 0 Å². The van der Waals surface area contributed by atoms with Crippen molar-refractivity contribution in [2.45, 2.75) is 13.8 Å². The van der Waals surface area contributed by atoms with Gasteiger partial charge in [0.2, 0.25) is 0 Å². The predicted octanol–water partition coefficient (Wildman–Crippen LogP) is 1.93. The third-order valence-corrected chi connectivity index (χ3v) is 4.23. The molecule has 0 spiro atoms. The predicted molar refractivity (Wildman–Crippen MR) is 63.4 cm³/mol. The van der Waals surface area contributed by atoms with Gasteiger partial charge in [-0.05, 0) is 38.9 Å². The summed E-state index contributed by atoms with van der Waals surface area (Å²) >= 11 is 4.98. The monoisotopic (exact) mass is 193 g/mol.